The van der Waals surface area contributed by atoms with Gasteiger partial charge in [0, 0.05) is 11.8 Å². The highest BCUT2D eigenvalue weighted by atomic mass is 16.5. The van der Waals surface area contributed by atoms with Crippen LogP contribution < -0.4 is 4.90 Å². The van der Waals surface area contributed by atoms with Crippen LogP contribution in [0.2, 0.25) is 0 Å². The van der Waals surface area contributed by atoms with Gasteiger partial charge in [0.1, 0.15) is 12.6 Å². The van der Waals surface area contributed by atoms with E-state index in [2.05, 4.69) is 13.8 Å². The Morgan fingerprint density at radius 1 is 1.20 bits per heavy atom. The first-order chi connectivity index (χ1) is 9.63. The van der Waals surface area contributed by atoms with E-state index in [1.165, 1.54) is 24.4 Å². The maximum absolute atomic E-state index is 10.1. The quantitative estimate of drug-likeness (QED) is 0.818. The van der Waals surface area contributed by atoms with Crippen LogP contribution in [0.15, 0.2) is 30.3 Å². The first-order valence-electron chi connectivity index (χ1n) is 7.76. The van der Waals surface area contributed by atoms with Gasteiger partial charge < -0.3 is 14.7 Å². The van der Waals surface area contributed by atoms with Crippen LogP contribution in [0.25, 0.3) is 0 Å². The van der Waals surface area contributed by atoms with Gasteiger partial charge >= 0.3 is 0 Å². The van der Waals surface area contributed by atoms with Gasteiger partial charge in [-0.2, -0.15) is 0 Å². The van der Waals surface area contributed by atoms with E-state index in [4.69, 9.17) is 4.74 Å². The van der Waals surface area contributed by atoms with Crippen molar-refractivity contribution >= 4 is 0 Å². The lowest BCUT2D eigenvalue weighted by atomic mass is 9.92. The van der Waals surface area contributed by atoms with Gasteiger partial charge in [0.05, 0.1) is 26.3 Å². The molecule has 0 spiro atoms. The largest absolute Gasteiger partial charge is 0.385 e. The van der Waals surface area contributed by atoms with Crippen molar-refractivity contribution in [1.82, 2.24) is 0 Å². The summed E-state index contributed by atoms with van der Waals surface area (Å²) in [5.41, 5.74) is 1.16. The average molecular weight is 278 g/mol. The third-order valence-corrected chi connectivity index (χ3v) is 4.03. The van der Waals surface area contributed by atoms with E-state index >= 15 is 0 Å². The first-order valence-corrected chi connectivity index (χ1v) is 7.76. The van der Waals surface area contributed by atoms with Gasteiger partial charge in [-0.15, -0.1) is 0 Å². The van der Waals surface area contributed by atoms with Gasteiger partial charge in [-0.05, 0) is 12.0 Å². The van der Waals surface area contributed by atoms with Crippen molar-refractivity contribution in [3.63, 3.8) is 0 Å². The fraction of sp³-hybridized carbons (Fsp3) is 0.647. The minimum absolute atomic E-state index is 0.355. The number of hydrogen-bond donors (Lipinski definition) is 2. The molecule has 2 N–H and O–H groups in total. The monoisotopic (exact) mass is 278 g/mol. The van der Waals surface area contributed by atoms with Crippen molar-refractivity contribution in [2.45, 2.75) is 33.0 Å². The van der Waals surface area contributed by atoms with E-state index in [0.717, 1.165) is 23.9 Å². The molecular formula is C17H28NO2+. The summed E-state index contributed by atoms with van der Waals surface area (Å²) in [4.78, 5) is 1.52. The van der Waals surface area contributed by atoms with Gasteiger partial charge in [-0.25, -0.2) is 0 Å². The van der Waals surface area contributed by atoms with Crippen LogP contribution in [0.5, 0.6) is 0 Å². The van der Waals surface area contributed by atoms with E-state index in [-0.39, 0.29) is 6.10 Å². The summed E-state index contributed by atoms with van der Waals surface area (Å²) in [6.45, 7) is 8.81. The predicted octanol–water partition coefficient (Wildman–Crippen LogP) is 1.12. The SMILES string of the molecule is C[C@@H]1C[C@H](C)C[NH+](C[C@@H](O)COCc2ccccc2)C1. The molecule has 1 aliphatic heterocycles. The van der Waals surface area contributed by atoms with Crippen molar-refractivity contribution in [3.8, 4) is 0 Å². The number of benzene rings is 1. The van der Waals surface area contributed by atoms with Crippen LogP contribution in [0.1, 0.15) is 25.8 Å². The van der Waals surface area contributed by atoms with Gasteiger partial charge in [-0.1, -0.05) is 44.2 Å². The third-order valence-electron chi connectivity index (χ3n) is 4.03. The van der Waals surface area contributed by atoms with Crippen molar-refractivity contribution in [2.24, 2.45) is 11.8 Å². The summed E-state index contributed by atoms with van der Waals surface area (Å²) in [5.74, 6) is 1.54. The van der Waals surface area contributed by atoms with E-state index in [9.17, 15) is 5.11 Å². The average Bonchev–Trinajstić information content (AvgIpc) is 2.38. The van der Waals surface area contributed by atoms with E-state index in [1.807, 2.05) is 30.3 Å². The molecule has 0 aliphatic carbocycles. The summed E-state index contributed by atoms with van der Waals surface area (Å²) >= 11 is 0. The van der Waals surface area contributed by atoms with Crippen LogP contribution in [-0.2, 0) is 11.3 Å². The molecule has 1 saturated heterocycles. The molecule has 0 amide bonds. The number of rotatable bonds is 6. The molecule has 1 aliphatic rings. The molecule has 0 saturated carbocycles. The molecule has 2 rings (SSSR count). The second kappa shape index (κ2) is 7.77. The molecule has 0 aromatic heterocycles. The van der Waals surface area contributed by atoms with Crippen molar-refractivity contribution in [2.75, 3.05) is 26.2 Å². The summed E-state index contributed by atoms with van der Waals surface area (Å²) in [5, 5.41) is 10.1. The summed E-state index contributed by atoms with van der Waals surface area (Å²) in [6, 6.07) is 10.1. The second-order valence-electron chi connectivity index (χ2n) is 6.46. The standard InChI is InChI=1S/C17H27NO2/c1-14-8-15(2)10-18(9-14)11-17(19)13-20-12-16-6-4-3-5-7-16/h3-7,14-15,17,19H,8-13H2,1-2H3/p+1/t14-,15+,17-/m1/s1. The van der Waals surface area contributed by atoms with Crippen LogP contribution >= 0.6 is 0 Å². The summed E-state index contributed by atoms with van der Waals surface area (Å²) in [7, 11) is 0. The highest BCUT2D eigenvalue weighted by Crippen LogP contribution is 2.12. The van der Waals surface area contributed by atoms with Crippen LogP contribution in [-0.4, -0.2) is 37.5 Å². The lowest BCUT2D eigenvalue weighted by molar-refractivity contribution is -0.915. The zero-order chi connectivity index (χ0) is 14.4. The molecule has 112 valence electrons. The molecule has 3 nitrogen and oxygen atoms in total. The minimum Gasteiger partial charge on any atom is -0.385 e. The van der Waals surface area contributed by atoms with Crippen molar-refractivity contribution < 1.29 is 14.7 Å². The summed E-state index contributed by atoms with van der Waals surface area (Å²) < 4.78 is 5.61. The van der Waals surface area contributed by atoms with E-state index < -0.39 is 0 Å². The molecule has 1 unspecified atom stereocenters. The fourth-order valence-corrected chi connectivity index (χ4v) is 3.37. The van der Waals surface area contributed by atoms with E-state index in [1.54, 1.807) is 0 Å². The molecule has 4 atom stereocenters. The normalized spacial score (nSPS) is 28.2. The van der Waals surface area contributed by atoms with Crippen LogP contribution in [0.4, 0.5) is 0 Å². The van der Waals surface area contributed by atoms with E-state index in [0.29, 0.717) is 13.2 Å². The Morgan fingerprint density at radius 2 is 1.85 bits per heavy atom. The molecule has 20 heavy (non-hydrogen) atoms. The maximum atomic E-state index is 10.1. The maximum Gasteiger partial charge on any atom is 0.126 e. The number of aliphatic hydroxyl groups excluding tert-OH is 1. The van der Waals surface area contributed by atoms with Crippen LogP contribution in [0.3, 0.4) is 0 Å². The van der Waals surface area contributed by atoms with Crippen LogP contribution in [0, 0.1) is 11.8 Å². The number of nitrogens with one attached hydrogen (secondary N) is 1. The third kappa shape index (κ3) is 5.23. The molecule has 0 radical (unpaired) electrons. The zero-order valence-corrected chi connectivity index (χ0v) is 12.7. The number of aliphatic hydroxyl groups is 1. The molecule has 1 fully saturated rings. The number of ether oxygens (including phenoxy) is 1. The Bertz CT molecular complexity index is 372. The Balaban J connectivity index is 1.66. The number of likely N-dealkylation sites (tertiary alicyclic amines) is 1. The highest BCUT2D eigenvalue weighted by molar-refractivity contribution is 5.13. The Labute approximate surface area is 122 Å². The molecule has 0 bridgehead atoms. The zero-order valence-electron chi connectivity index (χ0n) is 12.7. The van der Waals surface area contributed by atoms with Gasteiger partial charge in [0.25, 0.3) is 0 Å². The number of quaternary nitrogens is 1. The van der Waals surface area contributed by atoms with Crippen molar-refractivity contribution in [3.05, 3.63) is 35.9 Å². The molecule has 1 aromatic rings. The van der Waals surface area contributed by atoms with Crippen molar-refractivity contribution in [1.29, 1.82) is 0 Å². The smallest absolute Gasteiger partial charge is 0.126 e. The Morgan fingerprint density at radius 3 is 2.50 bits per heavy atom. The Kier molecular flexibility index (Phi) is 6.02. The lowest BCUT2D eigenvalue weighted by Crippen LogP contribution is -3.15. The van der Waals surface area contributed by atoms with Gasteiger partial charge in [0.15, 0.2) is 0 Å². The number of hydrogen-bond acceptors (Lipinski definition) is 2. The fourth-order valence-electron chi connectivity index (χ4n) is 3.37. The molecule has 1 heterocycles. The molecular weight excluding hydrogens is 250 g/mol. The predicted molar refractivity (Wildman–Crippen MR) is 80.6 cm³/mol. The second-order valence-corrected chi connectivity index (χ2v) is 6.46. The lowest BCUT2D eigenvalue weighted by Gasteiger charge is -2.33. The molecule has 3 heteroatoms. The number of piperidine rings is 1. The van der Waals surface area contributed by atoms with Gasteiger partial charge in [-0.3, -0.25) is 0 Å². The minimum atomic E-state index is -0.355. The van der Waals surface area contributed by atoms with Gasteiger partial charge in [0.2, 0.25) is 0 Å². The molecule has 1 aromatic carbocycles. The topological polar surface area (TPSA) is 33.9 Å². The highest BCUT2D eigenvalue weighted by Gasteiger charge is 2.26. The first kappa shape index (κ1) is 15.5. The Hall–Kier alpha value is -0.900. The summed E-state index contributed by atoms with van der Waals surface area (Å²) in [6.07, 6.45) is 0.968.